The highest BCUT2D eigenvalue weighted by Gasteiger charge is 2.33. The monoisotopic (exact) mass is 383 g/mol. The number of fused-ring (bicyclic) bond motifs is 3. The standard InChI is InChI=1S/C21H25N3O2S/c1-12(25)16-5-6-17(21-22-8-9-27-21)20-19(16)24-18(26-20)7-2-13-10-14-3-4-15(11-13)23-14/h5-6,8-9,12-15,23,25H,2-4,7,10-11H2,1H3. The second kappa shape index (κ2) is 7.00. The third-order valence-electron chi connectivity index (χ3n) is 6.07. The summed E-state index contributed by atoms with van der Waals surface area (Å²) < 4.78 is 6.20. The van der Waals surface area contributed by atoms with E-state index in [1.165, 1.54) is 25.7 Å². The molecule has 2 aromatic heterocycles. The Morgan fingerprint density at radius 1 is 1.30 bits per heavy atom. The molecule has 0 aliphatic carbocycles. The molecule has 0 saturated carbocycles. The Morgan fingerprint density at radius 3 is 2.81 bits per heavy atom. The lowest BCUT2D eigenvalue weighted by molar-refractivity contribution is 0.200. The molecule has 2 saturated heterocycles. The number of aliphatic hydroxyl groups excluding tert-OH is 1. The van der Waals surface area contributed by atoms with E-state index in [1.54, 1.807) is 24.5 Å². The van der Waals surface area contributed by atoms with Gasteiger partial charge < -0.3 is 14.8 Å². The van der Waals surface area contributed by atoms with E-state index in [0.717, 1.165) is 64.0 Å². The van der Waals surface area contributed by atoms with Crippen molar-refractivity contribution in [3.8, 4) is 10.6 Å². The molecule has 1 aromatic carbocycles. The number of nitrogens with one attached hydrogen (secondary N) is 1. The first kappa shape index (κ1) is 17.3. The number of aliphatic hydroxyl groups is 1. The van der Waals surface area contributed by atoms with E-state index in [0.29, 0.717) is 0 Å². The Hall–Kier alpha value is -1.76. The van der Waals surface area contributed by atoms with Crippen LogP contribution >= 0.6 is 11.3 Å². The minimum absolute atomic E-state index is 0.573. The molecule has 5 nitrogen and oxygen atoms in total. The molecule has 0 amide bonds. The summed E-state index contributed by atoms with van der Waals surface area (Å²) in [6.45, 7) is 1.77. The van der Waals surface area contributed by atoms with Gasteiger partial charge in [0.2, 0.25) is 0 Å². The molecule has 3 atom stereocenters. The van der Waals surface area contributed by atoms with Crippen molar-refractivity contribution in [1.82, 2.24) is 15.3 Å². The third kappa shape index (κ3) is 3.30. The van der Waals surface area contributed by atoms with Gasteiger partial charge in [0.1, 0.15) is 10.5 Å². The zero-order valence-corrected chi connectivity index (χ0v) is 16.3. The van der Waals surface area contributed by atoms with Gasteiger partial charge in [-0.1, -0.05) is 6.07 Å². The topological polar surface area (TPSA) is 71.2 Å². The van der Waals surface area contributed by atoms with E-state index in [4.69, 9.17) is 9.40 Å². The Labute approximate surface area is 162 Å². The van der Waals surface area contributed by atoms with Gasteiger partial charge in [0, 0.05) is 35.6 Å². The van der Waals surface area contributed by atoms with Gasteiger partial charge in [0.25, 0.3) is 0 Å². The summed E-state index contributed by atoms with van der Waals surface area (Å²) in [4.78, 5) is 9.20. The highest BCUT2D eigenvalue weighted by Crippen LogP contribution is 2.36. The van der Waals surface area contributed by atoms with Gasteiger partial charge in [-0.05, 0) is 51.0 Å². The van der Waals surface area contributed by atoms with E-state index in [1.807, 2.05) is 17.5 Å². The minimum atomic E-state index is -0.573. The van der Waals surface area contributed by atoms with Gasteiger partial charge >= 0.3 is 0 Å². The smallest absolute Gasteiger partial charge is 0.195 e. The van der Waals surface area contributed by atoms with Crippen LogP contribution in [0.25, 0.3) is 21.7 Å². The number of thiazole rings is 1. The number of rotatable bonds is 5. The lowest BCUT2D eigenvalue weighted by Crippen LogP contribution is -2.38. The maximum absolute atomic E-state index is 10.1. The predicted molar refractivity (Wildman–Crippen MR) is 107 cm³/mol. The first-order valence-electron chi connectivity index (χ1n) is 9.93. The fourth-order valence-electron chi connectivity index (χ4n) is 4.78. The van der Waals surface area contributed by atoms with Gasteiger partial charge in [0.05, 0.1) is 11.7 Å². The van der Waals surface area contributed by atoms with Crippen LogP contribution in [0.15, 0.2) is 28.1 Å². The fraction of sp³-hybridized carbons (Fsp3) is 0.524. The first-order valence-corrected chi connectivity index (χ1v) is 10.8. The Balaban J connectivity index is 1.43. The van der Waals surface area contributed by atoms with Crippen molar-refractivity contribution < 1.29 is 9.52 Å². The number of nitrogens with zero attached hydrogens (tertiary/aromatic N) is 2. The zero-order valence-electron chi connectivity index (χ0n) is 15.5. The zero-order chi connectivity index (χ0) is 18.4. The average molecular weight is 384 g/mol. The van der Waals surface area contributed by atoms with Crippen molar-refractivity contribution in [3.05, 3.63) is 35.2 Å². The highest BCUT2D eigenvalue weighted by atomic mass is 32.1. The van der Waals surface area contributed by atoms with Crippen molar-refractivity contribution >= 4 is 22.4 Å². The van der Waals surface area contributed by atoms with Crippen molar-refractivity contribution in [3.63, 3.8) is 0 Å². The Kier molecular flexibility index (Phi) is 4.50. The summed E-state index contributed by atoms with van der Waals surface area (Å²) in [6.07, 6.45) is 8.43. The highest BCUT2D eigenvalue weighted by molar-refractivity contribution is 7.13. The number of oxazole rings is 1. The van der Waals surface area contributed by atoms with Crippen LogP contribution in [0.1, 0.15) is 56.6 Å². The maximum Gasteiger partial charge on any atom is 0.195 e. The van der Waals surface area contributed by atoms with Crippen LogP contribution in [0, 0.1) is 5.92 Å². The van der Waals surface area contributed by atoms with Crippen LogP contribution in [0.2, 0.25) is 0 Å². The largest absolute Gasteiger partial charge is 0.440 e. The molecule has 2 bridgehead atoms. The van der Waals surface area contributed by atoms with Crippen LogP contribution in [-0.2, 0) is 6.42 Å². The molecule has 6 heteroatoms. The summed E-state index contributed by atoms with van der Waals surface area (Å²) in [5, 5.41) is 16.8. The van der Waals surface area contributed by atoms with E-state index in [9.17, 15) is 5.11 Å². The second-order valence-electron chi connectivity index (χ2n) is 8.01. The third-order valence-corrected chi connectivity index (χ3v) is 6.88. The molecule has 2 fully saturated rings. The van der Waals surface area contributed by atoms with Crippen molar-refractivity contribution in [1.29, 1.82) is 0 Å². The number of hydrogen-bond donors (Lipinski definition) is 2. The molecule has 0 radical (unpaired) electrons. The van der Waals surface area contributed by atoms with Gasteiger partial charge in [-0.2, -0.15) is 0 Å². The van der Waals surface area contributed by atoms with E-state index in [2.05, 4.69) is 10.3 Å². The minimum Gasteiger partial charge on any atom is -0.440 e. The van der Waals surface area contributed by atoms with Crippen molar-refractivity contribution in [2.45, 2.75) is 63.6 Å². The van der Waals surface area contributed by atoms with Crippen LogP contribution in [0.4, 0.5) is 0 Å². The lowest BCUT2D eigenvalue weighted by Gasteiger charge is -2.28. The molecule has 3 aromatic rings. The molecule has 5 rings (SSSR count). The molecule has 2 aliphatic rings. The van der Waals surface area contributed by atoms with E-state index < -0.39 is 6.10 Å². The van der Waals surface area contributed by atoms with E-state index in [-0.39, 0.29) is 0 Å². The predicted octanol–water partition coefficient (Wildman–Crippen LogP) is 4.47. The Bertz CT molecular complexity index is 922. The second-order valence-corrected chi connectivity index (χ2v) is 8.91. The normalized spacial score (nSPS) is 25.9. The number of piperidine rings is 1. The molecule has 0 spiro atoms. The van der Waals surface area contributed by atoms with Crippen molar-refractivity contribution in [2.24, 2.45) is 5.92 Å². The van der Waals surface area contributed by atoms with Gasteiger partial charge in [-0.3, -0.25) is 0 Å². The average Bonchev–Trinajstić information content (AvgIpc) is 3.39. The summed E-state index contributed by atoms with van der Waals surface area (Å²) in [6, 6.07) is 5.37. The molecular formula is C21H25N3O2S. The summed E-state index contributed by atoms with van der Waals surface area (Å²) in [5.41, 5.74) is 3.31. The molecular weight excluding hydrogens is 358 g/mol. The SMILES string of the molecule is CC(O)c1ccc(-c2nccs2)c2oc(CCC3CC4CCC(C3)N4)nc12. The first-order chi connectivity index (χ1) is 13.2. The number of hydrogen-bond acceptors (Lipinski definition) is 6. The summed E-state index contributed by atoms with van der Waals surface area (Å²) >= 11 is 1.59. The van der Waals surface area contributed by atoms with E-state index >= 15 is 0 Å². The molecule has 2 aliphatic heterocycles. The lowest BCUT2D eigenvalue weighted by atomic mass is 9.88. The van der Waals surface area contributed by atoms with Crippen LogP contribution in [0.3, 0.4) is 0 Å². The molecule has 27 heavy (non-hydrogen) atoms. The van der Waals surface area contributed by atoms with Crippen molar-refractivity contribution in [2.75, 3.05) is 0 Å². The van der Waals surface area contributed by atoms with Gasteiger partial charge in [-0.25, -0.2) is 9.97 Å². The van der Waals surface area contributed by atoms with Gasteiger partial charge in [0.15, 0.2) is 11.5 Å². The summed E-state index contributed by atoms with van der Waals surface area (Å²) in [7, 11) is 0. The number of benzene rings is 1. The van der Waals surface area contributed by atoms with Gasteiger partial charge in [-0.15, -0.1) is 11.3 Å². The quantitative estimate of drug-likeness (QED) is 0.680. The maximum atomic E-state index is 10.1. The summed E-state index contributed by atoms with van der Waals surface area (Å²) in [5.74, 6) is 1.54. The van der Waals surface area contributed by atoms with Crippen LogP contribution in [0.5, 0.6) is 0 Å². The fourth-order valence-corrected chi connectivity index (χ4v) is 5.44. The molecule has 2 N–H and O–H groups in total. The van der Waals surface area contributed by atoms with Crippen LogP contribution in [-0.4, -0.2) is 27.2 Å². The number of aryl methyl sites for hydroxylation is 1. The molecule has 3 unspecified atom stereocenters. The molecule has 4 heterocycles. The van der Waals surface area contributed by atoms with Crippen LogP contribution < -0.4 is 5.32 Å². The Morgan fingerprint density at radius 2 is 2.11 bits per heavy atom. The number of aromatic nitrogens is 2. The molecule has 142 valence electrons.